The van der Waals surface area contributed by atoms with E-state index in [4.69, 9.17) is 10.5 Å². The number of hydrogen-bond donors (Lipinski definition) is 1. The summed E-state index contributed by atoms with van der Waals surface area (Å²) in [5.41, 5.74) is 6.28. The molecule has 0 radical (unpaired) electrons. The van der Waals surface area contributed by atoms with E-state index in [1.807, 2.05) is 7.11 Å². The third-order valence-corrected chi connectivity index (χ3v) is 4.91. The number of nitrogens with zero attached hydrogens (tertiary/aromatic N) is 2. The van der Waals surface area contributed by atoms with Crippen LogP contribution in [-0.2, 0) is 4.74 Å². The Labute approximate surface area is 111 Å². The van der Waals surface area contributed by atoms with Gasteiger partial charge in [-0.1, -0.05) is 12.8 Å². The Bertz CT molecular complexity index is 261. The zero-order chi connectivity index (χ0) is 13.0. The van der Waals surface area contributed by atoms with E-state index in [-0.39, 0.29) is 5.54 Å². The SMILES string of the molecule is COC1CCCCC1(CN)N1CCCN(C)CC1. The van der Waals surface area contributed by atoms with E-state index in [1.54, 1.807) is 0 Å². The Morgan fingerprint density at radius 1 is 1.17 bits per heavy atom. The number of methoxy groups -OCH3 is 1. The van der Waals surface area contributed by atoms with Gasteiger partial charge in [-0.2, -0.15) is 0 Å². The van der Waals surface area contributed by atoms with E-state index >= 15 is 0 Å². The third kappa shape index (κ3) is 2.72. The van der Waals surface area contributed by atoms with Gasteiger partial charge in [0.05, 0.1) is 11.6 Å². The zero-order valence-electron chi connectivity index (χ0n) is 12.0. The summed E-state index contributed by atoms with van der Waals surface area (Å²) in [5.74, 6) is 0. The van der Waals surface area contributed by atoms with Gasteiger partial charge in [-0.25, -0.2) is 0 Å². The van der Waals surface area contributed by atoms with Crippen LogP contribution in [0.15, 0.2) is 0 Å². The number of likely N-dealkylation sites (N-methyl/N-ethyl adjacent to an activating group) is 1. The van der Waals surface area contributed by atoms with Gasteiger partial charge in [-0.05, 0) is 32.9 Å². The first kappa shape index (κ1) is 14.3. The molecular weight excluding hydrogens is 226 g/mol. The molecule has 1 aliphatic heterocycles. The second-order valence-corrected chi connectivity index (χ2v) is 5.92. The number of nitrogens with two attached hydrogens (primary N) is 1. The molecule has 2 rings (SSSR count). The average Bonchev–Trinajstić information content (AvgIpc) is 2.63. The van der Waals surface area contributed by atoms with Gasteiger partial charge in [-0.3, -0.25) is 4.90 Å². The van der Waals surface area contributed by atoms with Crippen LogP contribution in [0, 0.1) is 0 Å². The fourth-order valence-corrected chi connectivity index (χ4v) is 3.74. The van der Waals surface area contributed by atoms with Gasteiger partial charge < -0.3 is 15.4 Å². The molecule has 4 heteroatoms. The summed E-state index contributed by atoms with van der Waals surface area (Å²) < 4.78 is 5.78. The van der Waals surface area contributed by atoms with Crippen LogP contribution in [0.3, 0.4) is 0 Å². The monoisotopic (exact) mass is 255 g/mol. The van der Waals surface area contributed by atoms with Crippen molar-refractivity contribution < 1.29 is 4.74 Å². The second kappa shape index (κ2) is 6.33. The topological polar surface area (TPSA) is 41.7 Å². The van der Waals surface area contributed by atoms with Crippen molar-refractivity contribution in [2.24, 2.45) is 5.73 Å². The van der Waals surface area contributed by atoms with Crippen molar-refractivity contribution in [3.05, 3.63) is 0 Å². The predicted molar refractivity (Wildman–Crippen MR) is 74.7 cm³/mol. The molecule has 2 aliphatic rings. The lowest BCUT2D eigenvalue weighted by atomic mass is 9.77. The molecule has 4 nitrogen and oxygen atoms in total. The van der Waals surface area contributed by atoms with Crippen LogP contribution in [-0.4, -0.2) is 68.3 Å². The van der Waals surface area contributed by atoms with Gasteiger partial charge >= 0.3 is 0 Å². The highest BCUT2D eigenvalue weighted by atomic mass is 16.5. The van der Waals surface area contributed by atoms with Gasteiger partial charge in [-0.15, -0.1) is 0 Å². The average molecular weight is 255 g/mol. The molecule has 2 atom stereocenters. The summed E-state index contributed by atoms with van der Waals surface area (Å²) in [6, 6.07) is 0. The molecule has 1 aliphatic carbocycles. The maximum atomic E-state index is 6.19. The minimum Gasteiger partial charge on any atom is -0.379 e. The minimum absolute atomic E-state index is 0.0954. The summed E-state index contributed by atoms with van der Waals surface area (Å²) in [6.45, 7) is 5.39. The van der Waals surface area contributed by atoms with Crippen LogP contribution in [0.2, 0.25) is 0 Å². The molecule has 0 aromatic carbocycles. The smallest absolute Gasteiger partial charge is 0.0767 e. The molecule has 0 aromatic heterocycles. The highest BCUT2D eigenvalue weighted by molar-refractivity contribution is 5.01. The molecule has 0 spiro atoms. The van der Waals surface area contributed by atoms with E-state index in [0.29, 0.717) is 6.10 Å². The summed E-state index contributed by atoms with van der Waals surface area (Å²) in [4.78, 5) is 5.05. The van der Waals surface area contributed by atoms with Crippen molar-refractivity contribution in [1.82, 2.24) is 9.80 Å². The van der Waals surface area contributed by atoms with E-state index in [0.717, 1.165) is 19.6 Å². The third-order valence-electron chi connectivity index (χ3n) is 4.91. The molecule has 1 saturated carbocycles. The molecule has 2 fully saturated rings. The fourth-order valence-electron chi connectivity index (χ4n) is 3.74. The van der Waals surface area contributed by atoms with Gasteiger partial charge in [0.25, 0.3) is 0 Å². The second-order valence-electron chi connectivity index (χ2n) is 5.92. The highest BCUT2D eigenvalue weighted by Gasteiger charge is 2.44. The lowest BCUT2D eigenvalue weighted by Gasteiger charge is -2.50. The largest absolute Gasteiger partial charge is 0.379 e. The van der Waals surface area contributed by atoms with Crippen LogP contribution in [0.5, 0.6) is 0 Å². The lowest BCUT2D eigenvalue weighted by Crippen LogP contribution is -2.63. The molecule has 1 heterocycles. The van der Waals surface area contributed by atoms with Gasteiger partial charge in [0.1, 0.15) is 0 Å². The summed E-state index contributed by atoms with van der Waals surface area (Å²) in [5, 5.41) is 0. The van der Waals surface area contributed by atoms with Crippen molar-refractivity contribution in [1.29, 1.82) is 0 Å². The standard InChI is InChI=1S/C14H29N3O/c1-16-8-5-9-17(11-10-16)14(12-15)7-4-3-6-13(14)18-2/h13H,3-12,15H2,1-2H3. The molecule has 18 heavy (non-hydrogen) atoms. The molecule has 0 amide bonds. The molecule has 1 saturated heterocycles. The van der Waals surface area contributed by atoms with E-state index < -0.39 is 0 Å². The van der Waals surface area contributed by atoms with Crippen LogP contribution >= 0.6 is 0 Å². The minimum atomic E-state index is 0.0954. The van der Waals surface area contributed by atoms with Crippen molar-refractivity contribution in [2.75, 3.05) is 46.9 Å². The molecule has 0 aromatic rings. The zero-order valence-corrected chi connectivity index (χ0v) is 12.0. The Kier molecular flexibility index (Phi) is 5.01. The van der Waals surface area contributed by atoms with Gasteiger partial charge in [0.2, 0.25) is 0 Å². The Balaban J connectivity index is 2.13. The molecule has 2 unspecified atom stereocenters. The van der Waals surface area contributed by atoms with Crippen molar-refractivity contribution >= 4 is 0 Å². The summed E-state index contributed by atoms with van der Waals surface area (Å²) >= 11 is 0. The Morgan fingerprint density at radius 3 is 2.72 bits per heavy atom. The van der Waals surface area contributed by atoms with E-state index in [1.165, 1.54) is 45.2 Å². The van der Waals surface area contributed by atoms with Crippen LogP contribution in [0.1, 0.15) is 32.1 Å². The van der Waals surface area contributed by atoms with Crippen LogP contribution < -0.4 is 5.73 Å². The maximum absolute atomic E-state index is 6.19. The normalized spacial score (nSPS) is 36.5. The first-order valence-electron chi connectivity index (χ1n) is 7.39. The highest BCUT2D eigenvalue weighted by Crippen LogP contribution is 2.35. The van der Waals surface area contributed by atoms with Crippen LogP contribution in [0.25, 0.3) is 0 Å². The van der Waals surface area contributed by atoms with Crippen molar-refractivity contribution in [3.8, 4) is 0 Å². The maximum Gasteiger partial charge on any atom is 0.0767 e. The predicted octanol–water partition coefficient (Wildman–Crippen LogP) is 0.910. The van der Waals surface area contributed by atoms with Crippen molar-refractivity contribution in [2.45, 2.75) is 43.7 Å². The summed E-state index contributed by atoms with van der Waals surface area (Å²) in [6.07, 6.45) is 6.51. The lowest BCUT2D eigenvalue weighted by molar-refractivity contribution is -0.0738. The number of hydrogen-bond acceptors (Lipinski definition) is 4. The molecular formula is C14H29N3O. The fraction of sp³-hybridized carbons (Fsp3) is 1.00. The Morgan fingerprint density at radius 2 is 2.00 bits per heavy atom. The van der Waals surface area contributed by atoms with Gasteiger partial charge in [0.15, 0.2) is 0 Å². The van der Waals surface area contributed by atoms with Gasteiger partial charge in [0, 0.05) is 33.3 Å². The van der Waals surface area contributed by atoms with E-state index in [9.17, 15) is 0 Å². The Hall–Kier alpha value is -0.160. The number of rotatable bonds is 3. The quantitative estimate of drug-likeness (QED) is 0.814. The summed E-state index contributed by atoms with van der Waals surface area (Å²) in [7, 11) is 4.07. The van der Waals surface area contributed by atoms with E-state index in [2.05, 4.69) is 16.8 Å². The molecule has 106 valence electrons. The first-order chi connectivity index (χ1) is 8.73. The molecule has 0 bridgehead atoms. The van der Waals surface area contributed by atoms with Crippen LogP contribution in [0.4, 0.5) is 0 Å². The van der Waals surface area contributed by atoms with Crippen molar-refractivity contribution in [3.63, 3.8) is 0 Å². The number of ether oxygens (including phenoxy) is 1. The first-order valence-corrected chi connectivity index (χ1v) is 7.39. The molecule has 2 N–H and O–H groups in total.